The average Bonchev–Trinajstić information content (AvgIpc) is 2.71. The molecule has 0 aliphatic heterocycles. The molecule has 2 N–H and O–H groups in total. The molecule has 6 nitrogen and oxygen atoms in total. The Morgan fingerprint density at radius 3 is 3.13 bits per heavy atom. The number of H-pyrrole nitrogens is 1. The zero-order valence-corrected chi connectivity index (χ0v) is 9.14. The summed E-state index contributed by atoms with van der Waals surface area (Å²) in [6.45, 7) is 0. The summed E-state index contributed by atoms with van der Waals surface area (Å²) in [5.41, 5.74) is 3.60. The number of anilines is 1. The third-order valence-electron chi connectivity index (χ3n) is 1.57. The van der Waals surface area contributed by atoms with Crippen molar-refractivity contribution in [3.05, 3.63) is 34.3 Å². The Balaban J connectivity index is 2.00. The van der Waals surface area contributed by atoms with Crippen molar-refractivity contribution in [3.63, 3.8) is 0 Å². The van der Waals surface area contributed by atoms with Gasteiger partial charge in [-0.3, -0.25) is 0 Å². The second kappa shape index (κ2) is 4.65. The fourth-order valence-electron chi connectivity index (χ4n) is 0.961. The van der Waals surface area contributed by atoms with E-state index in [1.165, 1.54) is 0 Å². The predicted octanol–water partition coefficient (Wildman–Crippen LogP) is 1.41. The molecular weight excluding hydrogens is 260 g/mol. The normalized spacial score (nSPS) is 10.7. The maximum Gasteiger partial charge on any atom is 0.283 e. The van der Waals surface area contributed by atoms with Crippen molar-refractivity contribution in [3.8, 4) is 0 Å². The molecule has 0 aliphatic rings. The van der Waals surface area contributed by atoms with Crippen molar-refractivity contribution >= 4 is 28.1 Å². The van der Waals surface area contributed by atoms with Crippen molar-refractivity contribution in [2.45, 2.75) is 0 Å². The first-order valence-corrected chi connectivity index (χ1v) is 4.92. The number of hydrogen-bond acceptors (Lipinski definition) is 5. The largest absolute Gasteiger partial charge is 0.283 e. The maximum atomic E-state index is 3.94. The van der Waals surface area contributed by atoms with E-state index in [0.29, 0.717) is 5.95 Å². The van der Waals surface area contributed by atoms with Crippen LogP contribution in [-0.2, 0) is 0 Å². The fraction of sp³-hybridized carbons (Fsp3) is 0. The van der Waals surface area contributed by atoms with E-state index in [1.54, 1.807) is 6.21 Å². The van der Waals surface area contributed by atoms with E-state index in [0.717, 1.165) is 10.0 Å². The van der Waals surface area contributed by atoms with Gasteiger partial charge in [0.2, 0.25) is 0 Å². The van der Waals surface area contributed by atoms with E-state index in [9.17, 15) is 0 Å². The van der Waals surface area contributed by atoms with E-state index in [-0.39, 0.29) is 0 Å². The van der Waals surface area contributed by atoms with Crippen LogP contribution in [0, 0.1) is 0 Å². The Morgan fingerprint density at radius 2 is 2.40 bits per heavy atom. The summed E-state index contributed by atoms with van der Waals surface area (Å²) in [5.74, 6) is 0.334. The molecule has 0 spiro atoms. The van der Waals surface area contributed by atoms with Crippen molar-refractivity contribution in [2.24, 2.45) is 5.10 Å². The SMILES string of the molecule is Brc1cccc(/C=N/Nc2nn[nH]n2)c1. The molecule has 2 aromatic rings. The summed E-state index contributed by atoms with van der Waals surface area (Å²) in [6.07, 6.45) is 1.67. The second-order valence-corrected chi connectivity index (χ2v) is 3.58. The summed E-state index contributed by atoms with van der Waals surface area (Å²) in [5, 5.41) is 17.0. The van der Waals surface area contributed by atoms with Gasteiger partial charge in [0.25, 0.3) is 5.95 Å². The molecule has 0 aliphatic carbocycles. The minimum absolute atomic E-state index is 0.334. The van der Waals surface area contributed by atoms with E-state index >= 15 is 0 Å². The van der Waals surface area contributed by atoms with Crippen LogP contribution in [0.5, 0.6) is 0 Å². The lowest BCUT2D eigenvalue weighted by Crippen LogP contribution is -1.92. The highest BCUT2D eigenvalue weighted by atomic mass is 79.9. The van der Waals surface area contributed by atoms with Gasteiger partial charge >= 0.3 is 0 Å². The van der Waals surface area contributed by atoms with Crippen molar-refractivity contribution < 1.29 is 0 Å². The molecule has 0 fully saturated rings. The maximum absolute atomic E-state index is 3.94. The highest BCUT2D eigenvalue weighted by Gasteiger charge is 1.92. The second-order valence-electron chi connectivity index (χ2n) is 2.66. The molecule has 0 atom stereocenters. The van der Waals surface area contributed by atoms with Gasteiger partial charge in [-0.1, -0.05) is 33.2 Å². The van der Waals surface area contributed by atoms with E-state index < -0.39 is 0 Å². The van der Waals surface area contributed by atoms with Crippen LogP contribution in [0.1, 0.15) is 5.56 Å². The fourth-order valence-corrected chi connectivity index (χ4v) is 1.38. The zero-order valence-electron chi connectivity index (χ0n) is 7.55. The molecule has 0 radical (unpaired) electrons. The Bertz CT molecular complexity index is 452. The van der Waals surface area contributed by atoms with Gasteiger partial charge in [0.05, 0.1) is 6.21 Å². The number of nitrogens with zero attached hydrogens (tertiary/aromatic N) is 4. The summed E-state index contributed by atoms with van der Waals surface area (Å²) >= 11 is 3.37. The summed E-state index contributed by atoms with van der Waals surface area (Å²) < 4.78 is 1.01. The highest BCUT2D eigenvalue weighted by molar-refractivity contribution is 9.10. The number of aromatic amines is 1. The first-order chi connectivity index (χ1) is 7.34. The molecule has 7 heteroatoms. The van der Waals surface area contributed by atoms with Crippen LogP contribution in [0.25, 0.3) is 0 Å². The van der Waals surface area contributed by atoms with Gasteiger partial charge in [-0.05, 0) is 22.9 Å². The topological polar surface area (TPSA) is 78.9 Å². The van der Waals surface area contributed by atoms with Gasteiger partial charge in [0.1, 0.15) is 0 Å². The molecule has 0 saturated heterocycles. The van der Waals surface area contributed by atoms with Crippen molar-refractivity contribution in [2.75, 3.05) is 5.43 Å². The van der Waals surface area contributed by atoms with Crippen LogP contribution in [0.4, 0.5) is 5.95 Å². The average molecular weight is 267 g/mol. The molecule has 1 aromatic carbocycles. The molecular formula is C8H7BrN6. The third kappa shape index (κ3) is 2.84. The van der Waals surface area contributed by atoms with Crippen LogP contribution >= 0.6 is 15.9 Å². The number of nitrogens with one attached hydrogen (secondary N) is 2. The molecule has 76 valence electrons. The molecule has 2 rings (SSSR count). The first-order valence-electron chi connectivity index (χ1n) is 4.13. The van der Waals surface area contributed by atoms with E-state index in [4.69, 9.17) is 0 Å². The summed E-state index contributed by atoms with van der Waals surface area (Å²) in [7, 11) is 0. The highest BCUT2D eigenvalue weighted by Crippen LogP contribution is 2.09. The quantitative estimate of drug-likeness (QED) is 0.651. The Labute approximate surface area is 93.9 Å². The van der Waals surface area contributed by atoms with Gasteiger partial charge in [0.15, 0.2) is 0 Å². The lowest BCUT2D eigenvalue weighted by atomic mass is 10.2. The van der Waals surface area contributed by atoms with Crippen molar-refractivity contribution in [1.29, 1.82) is 0 Å². The third-order valence-corrected chi connectivity index (χ3v) is 2.07. The summed E-state index contributed by atoms with van der Waals surface area (Å²) in [6, 6.07) is 7.76. The van der Waals surface area contributed by atoms with Crippen LogP contribution in [0.2, 0.25) is 0 Å². The zero-order chi connectivity index (χ0) is 10.5. The molecule has 0 unspecified atom stereocenters. The number of aromatic nitrogens is 4. The van der Waals surface area contributed by atoms with Gasteiger partial charge < -0.3 is 0 Å². The molecule has 0 saturated carbocycles. The number of benzene rings is 1. The number of halogens is 1. The standard InChI is InChI=1S/C8H7BrN6/c9-7-3-1-2-6(4-7)5-10-11-8-12-14-15-13-8/h1-5H,(H2,11,12,13,14,15)/b10-5+. The monoisotopic (exact) mass is 266 g/mol. The number of hydrogen-bond donors (Lipinski definition) is 2. The van der Waals surface area contributed by atoms with Crippen LogP contribution in [-0.4, -0.2) is 26.8 Å². The Hall–Kier alpha value is -1.76. The lowest BCUT2D eigenvalue weighted by molar-refractivity contribution is 0.881. The summed E-state index contributed by atoms with van der Waals surface area (Å²) in [4.78, 5) is 0. The van der Waals surface area contributed by atoms with Crippen molar-refractivity contribution in [1.82, 2.24) is 20.6 Å². The lowest BCUT2D eigenvalue weighted by Gasteiger charge is -1.93. The smallest absolute Gasteiger partial charge is 0.243 e. The van der Waals surface area contributed by atoms with Crippen LogP contribution in [0.3, 0.4) is 0 Å². The first kappa shape index (κ1) is 9.78. The Morgan fingerprint density at radius 1 is 1.47 bits per heavy atom. The van der Waals surface area contributed by atoms with Gasteiger partial charge in [-0.2, -0.15) is 10.3 Å². The molecule has 15 heavy (non-hydrogen) atoms. The minimum atomic E-state index is 0.334. The Kier molecular flexibility index (Phi) is 3.03. The molecule has 0 bridgehead atoms. The minimum Gasteiger partial charge on any atom is -0.243 e. The molecule has 0 amide bonds. The van der Waals surface area contributed by atoms with E-state index in [2.05, 4.69) is 47.1 Å². The number of tetrazole rings is 1. The van der Waals surface area contributed by atoms with Crippen LogP contribution < -0.4 is 5.43 Å². The number of rotatable bonds is 3. The van der Waals surface area contributed by atoms with Gasteiger partial charge in [-0.15, -0.1) is 5.10 Å². The van der Waals surface area contributed by atoms with E-state index in [1.807, 2.05) is 24.3 Å². The number of hydrazone groups is 1. The molecule has 1 aromatic heterocycles. The van der Waals surface area contributed by atoms with Gasteiger partial charge in [-0.25, -0.2) is 5.43 Å². The van der Waals surface area contributed by atoms with Crippen LogP contribution in [0.15, 0.2) is 33.8 Å². The molecule has 1 heterocycles. The predicted molar refractivity (Wildman–Crippen MR) is 59.5 cm³/mol. The van der Waals surface area contributed by atoms with Gasteiger partial charge in [0, 0.05) is 4.47 Å².